The van der Waals surface area contributed by atoms with E-state index in [0.717, 1.165) is 6.42 Å². The number of halogens is 1. The van der Waals surface area contributed by atoms with Crippen molar-refractivity contribution in [3.05, 3.63) is 22.9 Å². The molecule has 0 aromatic heterocycles. The second-order valence-corrected chi connectivity index (χ2v) is 10.7. The van der Waals surface area contributed by atoms with Crippen molar-refractivity contribution in [1.82, 2.24) is 0 Å². The van der Waals surface area contributed by atoms with E-state index in [1.807, 2.05) is 0 Å². The molecule has 0 atom stereocenters. The molecule has 0 unspecified atom stereocenters. The van der Waals surface area contributed by atoms with Gasteiger partial charge in [0.1, 0.15) is 0 Å². The van der Waals surface area contributed by atoms with Crippen LogP contribution in [0.15, 0.2) is 22.9 Å². The summed E-state index contributed by atoms with van der Waals surface area (Å²) in [7, 11) is -1.52. The molecule has 0 N–H and O–H groups in total. The number of hydrogen-bond acceptors (Lipinski definition) is 0. The van der Waals surface area contributed by atoms with Gasteiger partial charge in [0.25, 0.3) is 0 Å². The smallest absolute Gasteiger partial charge is 0.162 e. The van der Waals surface area contributed by atoms with Crippen LogP contribution < -0.4 is 0 Å². The first-order valence-corrected chi connectivity index (χ1v) is 9.14. The zero-order valence-corrected chi connectivity index (χ0v) is 10.6. The first-order chi connectivity index (χ1) is 6.04. The third kappa shape index (κ3) is 3.32. The Morgan fingerprint density at radius 3 is 2.62 bits per heavy atom. The predicted octanol–water partition coefficient (Wildman–Crippen LogP) is 4.42. The molecule has 0 saturated carbocycles. The maximum absolute atomic E-state index is 6.38. The monoisotopic (exact) mass is 214 g/mol. The largest absolute Gasteiger partial charge is 0.177 e. The van der Waals surface area contributed by atoms with E-state index in [-0.39, 0.29) is 0 Å². The number of unbranched alkanes of at least 4 members (excludes halogenated alkanes) is 1. The van der Waals surface area contributed by atoms with Crippen molar-refractivity contribution in [2.75, 3.05) is 0 Å². The van der Waals surface area contributed by atoms with Crippen molar-refractivity contribution < 1.29 is 0 Å². The lowest BCUT2D eigenvalue weighted by molar-refractivity contribution is 0.798. The molecule has 0 nitrogen and oxygen atoms in total. The van der Waals surface area contributed by atoms with Crippen LogP contribution in [0.3, 0.4) is 0 Å². The van der Waals surface area contributed by atoms with Crippen molar-refractivity contribution in [1.29, 1.82) is 0 Å². The van der Waals surface area contributed by atoms with Gasteiger partial charge in [-0.25, -0.2) is 0 Å². The van der Waals surface area contributed by atoms with E-state index in [2.05, 4.69) is 32.2 Å². The average Bonchev–Trinajstić information content (AvgIpc) is 2.47. The van der Waals surface area contributed by atoms with Gasteiger partial charge in [0, 0.05) is 0 Å². The fourth-order valence-electron chi connectivity index (χ4n) is 1.55. The van der Waals surface area contributed by atoms with E-state index in [0.29, 0.717) is 0 Å². The Bertz CT molecular complexity index is 233. The van der Waals surface area contributed by atoms with E-state index in [1.165, 1.54) is 30.0 Å². The lowest BCUT2D eigenvalue weighted by atomic mass is 10.1. The van der Waals surface area contributed by atoms with Crippen molar-refractivity contribution in [2.45, 2.75) is 45.7 Å². The van der Waals surface area contributed by atoms with Crippen LogP contribution in [0.1, 0.15) is 32.6 Å². The molecule has 74 valence electrons. The Kier molecular flexibility index (Phi) is 3.81. The summed E-state index contributed by atoms with van der Waals surface area (Å²) < 4.78 is 0. The molecule has 1 rings (SSSR count). The second-order valence-electron chi connectivity index (χ2n) is 4.23. The molecule has 2 heteroatoms. The van der Waals surface area contributed by atoms with Crippen LogP contribution in [0.5, 0.6) is 0 Å². The molecular weight excluding hydrogens is 196 g/mol. The van der Waals surface area contributed by atoms with Crippen LogP contribution in [0.25, 0.3) is 0 Å². The van der Waals surface area contributed by atoms with E-state index >= 15 is 0 Å². The molecule has 0 heterocycles. The third-order valence-electron chi connectivity index (χ3n) is 2.53. The molecule has 0 amide bonds. The van der Waals surface area contributed by atoms with Gasteiger partial charge in [-0.2, -0.15) is 11.1 Å². The van der Waals surface area contributed by atoms with Crippen molar-refractivity contribution in [3.8, 4) is 0 Å². The lowest BCUT2D eigenvalue weighted by Crippen LogP contribution is -2.19. The van der Waals surface area contributed by atoms with Crippen LogP contribution >= 0.6 is 11.1 Å². The van der Waals surface area contributed by atoms with Crippen molar-refractivity contribution in [3.63, 3.8) is 0 Å². The summed E-state index contributed by atoms with van der Waals surface area (Å²) in [6.45, 7) is 6.65. The standard InChI is InChI=1S/C11H19ClSi/c1-4-5-6-10-7-8-11(9-10)13(2,3)12/h7,9H,4-6,8H2,1-3H3. The van der Waals surface area contributed by atoms with Crippen LogP contribution in [-0.2, 0) is 0 Å². The van der Waals surface area contributed by atoms with Gasteiger partial charge >= 0.3 is 0 Å². The van der Waals surface area contributed by atoms with Gasteiger partial charge in [-0.3, -0.25) is 0 Å². The first-order valence-electron chi connectivity index (χ1n) is 5.13. The molecule has 0 aromatic rings. The molecule has 1 aliphatic carbocycles. The summed E-state index contributed by atoms with van der Waals surface area (Å²) in [6, 6.07) is 0. The zero-order valence-electron chi connectivity index (χ0n) is 8.86. The van der Waals surface area contributed by atoms with Crippen molar-refractivity contribution >= 4 is 18.5 Å². The fraction of sp³-hybridized carbons (Fsp3) is 0.636. The molecular formula is C11H19ClSi. The van der Waals surface area contributed by atoms with Crippen LogP contribution in [-0.4, -0.2) is 7.38 Å². The molecule has 0 radical (unpaired) electrons. The Morgan fingerprint density at radius 2 is 2.15 bits per heavy atom. The Hall–Kier alpha value is -0.0131. The molecule has 0 aliphatic heterocycles. The van der Waals surface area contributed by atoms with Crippen LogP contribution in [0.2, 0.25) is 13.1 Å². The van der Waals surface area contributed by atoms with Gasteiger partial charge in [-0.15, -0.1) is 0 Å². The van der Waals surface area contributed by atoms with Crippen LogP contribution in [0, 0.1) is 0 Å². The van der Waals surface area contributed by atoms with Gasteiger partial charge < -0.3 is 0 Å². The molecule has 13 heavy (non-hydrogen) atoms. The number of rotatable bonds is 4. The highest BCUT2D eigenvalue weighted by Crippen LogP contribution is 2.30. The zero-order chi connectivity index (χ0) is 9.90. The van der Waals surface area contributed by atoms with E-state index in [1.54, 1.807) is 0 Å². The highest BCUT2D eigenvalue weighted by molar-refractivity contribution is 7.23. The summed E-state index contributed by atoms with van der Waals surface area (Å²) in [5, 5.41) is 1.50. The van der Waals surface area contributed by atoms with E-state index in [4.69, 9.17) is 11.1 Å². The third-order valence-corrected chi connectivity index (χ3v) is 5.13. The Labute approximate surface area is 87.4 Å². The maximum atomic E-state index is 6.38. The van der Waals surface area contributed by atoms with Gasteiger partial charge in [0.15, 0.2) is 7.38 Å². The van der Waals surface area contributed by atoms with Gasteiger partial charge in [-0.05, 0) is 19.3 Å². The normalized spacial score (nSPS) is 17.2. The van der Waals surface area contributed by atoms with E-state index in [9.17, 15) is 0 Å². The van der Waals surface area contributed by atoms with Gasteiger partial charge in [-0.1, -0.05) is 49.4 Å². The topological polar surface area (TPSA) is 0 Å². The van der Waals surface area contributed by atoms with Crippen molar-refractivity contribution in [2.24, 2.45) is 0 Å². The van der Waals surface area contributed by atoms with Crippen LogP contribution in [0.4, 0.5) is 0 Å². The Morgan fingerprint density at radius 1 is 1.46 bits per heavy atom. The van der Waals surface area contributed by atoms with Gasteiger partial charge in [0.05, 0.1) is 0 Å². The molecule has 0 spiro atoms. The molecule has 0 saturated heterocycles. The SMILES string of the molecule is CCCCC1=CCC([Si](C)(C)Cl)=C1. The first kappa shape index (κ1) is 11.1. The molecule has 0 bridgehead atoms. The van der Waals surface area contributed by atoms with Gasteiger partial charge in [0.2, 0.25) is 0 Å². The molecule has 1 aliphatic rings. The Balaban J connectivity index is 2.50. The maximum Gasteiger partial charge on any atom is 0.177 e. The highest BCUT2D eigenvalue weighted by atomic mass is 35.6. The lowest BCUT2D eigenvalue weighted by Gasteiger charge is -2.13. The summed E-state index contributed by atoms with van der Waals surface area (Å²) in [4.78, 5) is 0. The summed E-state index contributed by atoms with van der Waals surface area (Å²) >= 11 is 6.38. The minimum atomic E-state index is -1.52. The summed E-state index contributed by atoms with van der Waals surface area (Å²) in [5.74, 6) is 0. The molecule has 0 fully saturated rings. The fourth-order valence-corrected chi connectivity index (χ4v) is 3.06. The van der Waals surface area contributed by atoms with E-state index < -0.39 is 7.38 Å². The highest BCUT2D eigenvalue weighted by Gasteiger charge is 2.24. The molecule has 0 aromatic carbocycles. The average molecular weight is 215 g/mol. The number of hydrogen-bond donors (Lipinski definition) is 0. The number of allylic oxidation sites excluding steroid dienone is 4. The summed E-state index contributed by atoms with van der Waals surface area (Å²) in [6.07, 6.45) is 9.63. The summed E-state index contributed by atoms with van der Waals surface area (Å²) in [5.41, 5.74) is 1.51. The predicted molar refractivity (Wildman–Crippen MR) is 63.6 cm³/mol. The minimum Gasteiger partial charge on any atom is -0.162 e. The second kappa shape index (κ2) is 4.47. The minimum absolute atomic E-state index is 1.11. The quantitative estimate of drug-likeness (QED) is 0.480.